The van der Waals surface area contributed by atoms with Gasteiger partial charge in [0.1, 0.15) is 0 Å². The predicted molar refractivity (Wildman–Crippen MR) is 65.4 cm³/mol. The standard InChI is InChI=1S/C12H18N2O3/c1-8(13-2)12(17)14-11-4-9(6-15)3-10(5-11)7-16/h3-5,8,13,15-16H,6-7H2,1-2H3,(H,14,17). The second-order valence-corrected chi connectivity index (χ2v) is 3.85. The van der Waals surface area contributed by atoms with Crippen molar-refractivity contribution >= 4 is 11.6 Å². The lowest BCUT2D eigenvalue weighted by molar-refractivity contribution is -0.117. The number of hydrogen-bond donors (Lipinski definition) is 4. The van der Waals surface area contributed by atoms with Crippen molar-refractivity contribution in [2.24, 2.45) is 0 Å². The molecule has 5 nitrogen and oxygen atoms in total. The van der Waals surface area contributed by atoms with Gasteiger partial charge in [0, 0.05) is 5.69 Å². The summed E-state index contributed by atoms with van der Waals surface area (Å²) in [6.07, 6.45) is 0. The van der Waals surface area contributed by atoms with E-state index in [4.69, 9.17) is 10.2 Å². The number of likely N-dealkylation sites (N-methyl/N-ethyl adjacent to an activating group) is 1. The smallest absolute Gasteiger partial charge is 0.241 e. The Kier molecular flexibility index (Phi) is 5.09. The van der Waals surface area contributed by atoms with Gasteiger partial charge in [0.15, 0.2) is 0 Å². The number of aliphatic hydroxyl groups excluding tert-OH is 2. The van der Waals surface area contributed by atoms with Crippen molar-refractivity contribution in [2.75, 3.05) is 12.4 Å². The Hall–Kier alpha value is -1.43. The molecule has 0 aliphatic rings. The van der Waals surface area contributed by atoms with Crippen molar-refractivity contribution in [3.63, 3.8) is 0 Å². The minimum Gasteiger partial charge on any atom is -0.392 e. The number of carbonyl (C=O) groups excluding carboxylic acids is 1. The van der Waals surface area contributed by atoms with Gasteiger partial charge in [-0.15, -0.1) is 0 Å². The van der Waals surface area contributed by atoms with Crippen LogP contribution >= 0.6 is 0 Å². The van der Waals surface area contributed by atoms with Gasteiger partial charge < -0.3 is 20.8 Å². The van der Waals surface area contributed by atoms with E-state index in [9.17, 15) is 4.79 Å². The first-order chi connectivity index (χ1) is 8.10. The Morgan fingerprint density at radius 3 is 2.18 bits per heavy atom. The monoisotopic (exact) mass is 238 g/mol. The molecule has 1 rings (SSSR count). The lowest BCUT2D eigenvalue weighted by Gasteiger charge is -2.12. The molecule has 1 aromatic rings. The van der Waals surface area contributed by atoms with E-state index >= 15 is 0 Å². The van der Waals surface area contributed by atoms with Crippen LogP contribution in [0.15, 0.2) is 18.2 Å². The Bertz CT molecular complexity index is 371. The second kappa shape index (κ2) is 6.34. The average Bonchev–Trinajstić information content (AvgIpc) is 2.36. The summed E-state index contributed by atoms with van der Waals surface area (Å²) in [4.78, 5) is 11.6. The first-order valence-electron chi connectivity index (χ1n) is 5.43. The zero-order valence-electron chi connectivity index (χ0n) is 10.0. The maximum absolute atomic E-state index is 11.6. The summed E-state index contributed by atoms with van der Waals surface area (Å²) in [5.41, 5.74) is 1.89. The summed E-state index contributed by atoms with van der Waals surface area (Å²) in [6, 6.07) is 4.75. The van der Waals surface area contributed by atoms with Gasteiger partial charge in [0.05, 0.1) is 19.3 Å². The second-order valence-electron chi connectivity index (χ2n) is 3.85. The Balaban J connectivity index is 2.86. The van der Waals surface area contributed by atoms with E-state index in [1.807, 2.05) is 0 Å². The largest absolute Gasteiger partial charge is 0.392 e. The third-order valence-electron chi connectivity index (χ3n) is 2.51. The fourth-order valence-corrected chi connectivity index (χ4v) is 1.40. The predicted octanol–water partition coefficient (Wildman–Crippen LogP) is 0.218. The molecule has 0 saturated heterocycles. The molecule has 0 fully saturated rings. The summed E-state index contributed by atoms with van der Waals surface area (Å²) in [6.45, 7) is 1.49. The normalized spacial score (nSPS) is 12.2. The molecule has 4 N–H and O–H groups in total. The summed E-state index contributed by atoms with van der Waals surface area (Å²) in [5.74, 6) is -0.161. The van der Waals surface area contributed by atoms with Crippen molar-refractivity contribution in [1.82, 2.24) is 5.32 Å². The molecule has 0 aromatic heterocycles. The molecule has 1 unspecified atom stereocenters. The summed E-state index contributed by atoms with van der Waals surface area (Å²) >= 11 is 0. The Labute approximate surface area is 100 Å². The van der Waals surface area contributed by atoms with Crippen LogP contribution in [0.4, 0.5) is 5.69 Å². The van der Waals surface area contributed by atoms with Crippen molar-refractivity contribution in [3.05, 3.63) is 29.3 Å². The Morgan fingerprint density at radius 1 is 1.24 bits per heavy atom. The lowest BCUT2D eigenvalue weighted by Crippen LogP contribution is -2.35. The van der Waals surface area contributed by atoms with Crippen LogP contribution in [-0.2, 0) is 18.0 Å². The van der Waals surface area contributed by atoms with Crippen LogP contribution in [-0.4, -0.2) is 29.2 Å². The number of anilines is 1. The fourth-order valence-electron chi connectivity index (χ4n) is 1.40. The SMILES string of the molecule is CNC(C)C(=O)Nc1cc(CO)cc(CO)c1. The highest BCUT2D eigenvalue weighted by atomic mass is 16.3. The molecule has 1 amide bonds. The highest BCUT2D eigenvalue weighted by Crippen LogP contribution is 2.15. The molecule has 5 heteroatoms. The number of carbonyl (C=O) groups is 1. The van der Waals surface area contributed by atoms with Crippen molar-refractivity contribution in [1.29, 1.82) is 0 Å². The van der Waals surface area contributed by atoms with Gasteiger partial charge in [-0.3, -0.25) is 4.79 Å². The van der Waals surface area contributed by atoms with E-state index in [1.54, 1.807) is 32.2 Å². The van der Waals surface area contributed by atoms with E-state index in [0.29, 0.717) is 16.8 Å². The van der Waals surface area contributed by atoms with Crippen LogP contribution in [0, 0.1) is 0 Å². The summed E-state index contributed by atoms with van der Waals surface area (Å²) in [7, 11) is 1.70. The van der Waals surface area contributed by atoms with Gasteiger partial charge in [-0.1, -0.05) is 6.07 Å². The molecule has 1 aromatic carbocycles. The van der Waals surface area contributed by atoms with Gasteiger partial charge in [-0.05, 0) is 37.2 Å². The molecule has 0 radical (unpaired) electrons. The van der Waals surface area contributed by atoms with E-state index in [0.717, 1.165) is 0 Å². The zero-order valence-corrected chi connectivity index (χ0v) is 10.0. The number of amides is 1. The van der Waals surface area contributed by atoms with Gasteiger partial charge in [-0.2, -0.15) is 0 Å². The summed E-state index contributed by atoms with van der Waals surface area (Å²) in [5, 5.41) is 23.7. The average molecular weight is 238 g/mol. The molecule has 0 aliphatic heterocycles. The first kappa shape index (κ1) is 13.6. The lowest BCUT2D eigenvalue weighted by atomic mass is 10.1. The van der Waals surface area contributed by atoms with Crippen LogP contribution in [0.25, 0.3) is 0 Å². The van der Waals surface area contributed by atoms with Crippen molar-refractivity contribution in [2.45, 2.75) is 26.2 Å². The van der Waals surface area contributed by atoms with Gasteiger partial charge >= 0.3 is 0 Å². The summed E-state index contributed by atoms with van der Waals surface area (Å²) < 4.78 is 0. The topological polar surface area (TPSA) is 81.6 Å². The highest BCUT2D eigenvalue weighted by Gasteiger charge is 2.10. The molecule has 0 spiro atoms. The minimum absolute atomic E-state index is 0.127. The van der Waals surface area contributed by atoms with Crippen LogP contribution < -0.4 is 10.6 Å². The molecular formula is C12H18N2O3. The molecule has 0 heterocycles. The maximum Gasteiger partial charge on any atom is 0.241 e. The number of hydrogen-bond acceptors (Lipinski definition) is 4. The van der Waals surface area contributed by atoms with Crippen LogP contribution in [0.1, 0.15) is 18.1 Å². The van der Waals surface area contributed by atoms with Crippen LogP contribution in [0.3, 0.4) is 0 Å². The zero-order chi connectivity index (χ0) is 12.8. The molecule has 0 saturated carbocycles. The molecule has 94 valence electrons. The van der Waals surface area contributed by atoms with Gasteiger partial charge in [0.25, 0.3) is 0 Å². The quantitative estimate of drug-likeness (QED) is 0.591. The highest BCUT2D eigenvalue weighted by molar-refractivity contribution is 5.94. The number of benzene rings is 1. The molecule has 0 bridgehead atoms. The van der Waals surface area contributed by atoms with Gasteiger partial charge in [-0.25, -0.2) is 0 Å². The van der Waals surface area contributed by atoms with E-state index < -0.39 is 0 Å². The van der Waals surface area contributed by atoms with Crippen LogP contribution in [0.5, 0.6) is 0 Å². The Morgan fingerprint density at radius 2 is 1.76 bits per heavy atom. The third kappa shape index (κ3) is 3.81. The third-order valence-corrected chi connectivity index (χ3v) is 2.51. The fraction of sp³-hybridized carbons (Fsp3) is 0.417. The van der Waals surface area contributed by atoms with E-state index in [-0.39, 0.29) is 25.2 Å². The maximum atomic E-state index is 11.6. The number of aliphatic hydroxyl groups is 2. The van der Waals surface area contributed by atoms with Crippen molar-refractivity contribution < 1.29 is 15.0 Å². The van der Waals surface area contributed by atoms with Crippen molar-refractivity contribution in [3.8, 4) is 0 Å². The van der Waals surface area contributed by atoms with E-state index in [1.165, 1.54) is 0 Å². The number of nitrogens with one attached hydrogen (secondary N) is 2. The van der Waals surface area contributed by atoms with Gasteiger partial charge in [0.2, 0.25) is 5.91 Å². The molecular weight excluding hydrogens is 220 g/mol. The first-order valence-corrected chi connectivity index (χ1v) is 5.43. The molecule has 17 heavy (non-hydrogen) atoms. The minimum atomic E-state index is -0.301. The van der Waals surface area contributed by atoms with E-state index in [2.05, 4.69) is 10.6 Å². The molecule has 1 atom stereocenters. The number of rotatable bonds is 5. The molecule has 0 aliphatic carbocycles. The van der Waals surface area contributed by atoms with Crippen LogP contribution in [0.2, 0.25) is 0 Å².